The van der Waals surface area contributed by atoms with Crippen LogP contribution in [-0.4, -0.2) is 19.1 Å². The molecule has 0 unspecified atom stereocenters. The minimum Gasteiger partial charge on any atom is -0.276 e. The highest BCUT2D eigenvalue weighted by molar-refractivity contribution is 7.27. The van der Waals surface area contributed by atoms with Crippen molar-refractivity contribution in [2.24, 2.45) is 0 Å². The Bertz CT molecular complexity index is 3260. The molecule has 4 heterocycles. The molecule has 0 fully saturated rings. The Kier molecular flexibility index (Phi) is 5.35. The van der Waals surface area contributed by atoms with Crippen molar-refractivity contribution < 1.29 is 0 Å². The van der Waals surface area contributed by atoms with Gasteiger partial charge >= 0.3 is 0 Å². The van der Waals surface area contributed by atoms with Crippen molar-refractivity contribution in [3.63, 3.8) is 0 Å². The Labute approximate surface area is 282 Å². The predicted molar refractivity (Wildman–Crippen MR) is 205 cm³/mol. The zero-order chi connectivity index (χ0) is 32.2. The van der Waals surface area contributed by atoms with Crippen LogP contribution < -0.4 is 5.56 Å². The topological polar surface area (TPSA) is 52.7 Å². The first-order chi connectivity index (χ1) is 24.2. The van der Waals surface area contributed by atoms with E-state index in [1.165, 1.54) is 36.3 Å². The van der Waals surface area contributed by atoms with E-state index in [9.17, 15) is 4.79 Å². The number of hydrogen-bond donors (Lipinski definition) is 0. The summed E-state index contributed by atoms with van der Waals surface area (Å²) in [5.74, 6) is 0.525. The Morgan fingerprint density at radius 3 is 2.02 bits per heavy atom. The number of nitrogens with zero attached hydrogens (tertiary/aromatic N) is 4. The maximum Gasteiger partial charge on any atom is 0.264 e. The van der Waals surface area contributed by atoms with E-state index in [-0.39, 0.29) is 5.56 Å². The molecule has 0 N–H and O–H groups in total. The van der Waals surface area contributed by atoms with Gasteiger partial charge in [0.15, 0.2) is 5.65 Å². The highest BCUT2D eigenvalue weighted by Gasteiger charge is 2.23. The summed E-state index contributed by atoms with van der Waals surface area (Å²) in [6.45, 7) is 0. The van der Waals surface area contributed by atoms with Crippen molar-refractivity contribution in [1.29, 1.82) is 0 Å². The monoisotopic (exact) mass is 644 g/mol. The van der Waals surface area contributed by atoms with E-state index in [2.05, 4.69) is 102 Å². The fraction of sp³-hybridized carbons (Fsp3) is 0. The van der Waals surface area contributed by atoms with Crippen molar-refractivity contribution in [1.82, 2.24) is 19.1 Å². The van der Waals surface area contributed by atoms with Gasteiger partial charge in [0.1, 0.15) is 0 Å². The molecule has 11 aromatic rings. The minimum absolute atomic E-state index is 0.108. The average Bonchev–Trinajstić information content (AvgIpc) is 3.72. The van der Waals surface area contributed by atoms with Crippen molar-refractivity contribution in [2.45, 2.75) is 0 Å². The van der Waals surface area contributed by atoms with Crippen LogP contribution in [0.1, 0.15) is 0 Å². The van der Waals surface area contributed by atoms with Gasteiger partial charge in [-0.25, -0.2) is 4.98 Å². The van der Waals surface area contributed by atoms with Crippen LogP contribution in [0.2, 0.25) is 0 Å². The molecule has 0 amide bonds. The zero-order valence-electron chi connectivity index (χ0n) is 26.0. The third-order valence-electron chi connectivity index (χ3n) is 9.96. The van der Waals surface area contributed by atoms with Crippen molar-refractivity contribution in [3.8, 4) is 11.6 Å². The average molecular weight is 645 g/mol. The van der Waals surface area contributed by atoms with Gasteiger partial charge in [0.25, 0.3) is 5.56 Å². The van der Waals surface area contributed by atoms with Crippen molar-refractivity contribution >= 4 is 96.7 Å². The zero-order valence-corrected chi connectivity index (χ0v) is 26.8. The summed E-state index contributed by atoms with van der Waals surface area (Å²) in [5.41, 5.74) is 3.33. The lowest BCUT2D eigenvalue weighted by Gasteiger charge is -2.15. The number of fused-ring (bicyclic) bond motifs is 14. The van der Waals surface area contributed by atoms with E-state index in [1.807, 2.05) is 60.0 Å². The predicted octanol–water partition coefficient (Wildman–Crippen LogP) is 10.7. The lowest BCUT2D eigenvalue weighted by molar-refractivity contribution is 0.967. The molecule has 0 radical (unpaired) electrons. The number of rotatable bonds is 2. The quantitative estimate of drug-likeness (QED) is 0.176. The fourth-order valence-electron chi connectivity index (χ4n) is 7.84. The number of benzene rings is 7. The van der Waals surface area contributed by atoms with Gasteiger partial charge in [-0.3, -0.25) is 13.9 Å². The SMILES string of the molecule is O=c1c2ccccc2c2cnc(-n3c4ccccc4c4c5ccccc5c5c6ccccc6sc5c43)nc2n1-c1ccc2ccccc2c1. The highest BCUT2D eigenvalue weighted by atomic mass is 32.1. The molecule has 0 aliphatic rings. The largest absolute Gasteiger partial charge is 0.276 e. The van der Waals surface area contributed by atoms with E-state index >= 15 is 0 Å². The summed E-state index contributed by atoms with van der Waals surface area (Å²) in [5, 5.41) is 11.7. The van der Waals surface area contributed by atoms with Gasteiger partial charge in [0.2, 0.25) is 5.95 Å². The summed E-state index contributed by atoms with van der Waals surface area (Å²) >= 11 is 1.81. The smallest absolute Gasteiger partial charge is 0.264 e. The fourth-order valence-corrected chi connectivity index (χ4v) is 9.10. The molecule has 11 rings (SSSR count). The lowest BCUT2D eigenvalue weighted by atomic mass is 9.99. The van der Waals surface area contributed by atoms with Crippen molar-refractivity contribution in [3.05, 3.63) is 156 Å². The number of thiophene rings is 1. The van der Waals surface area contributed by atoms with Crippen LogP contribution in [-0.2, 0) is 0 Å². The molecule has 49 heavy (non-hydrogen) atoms. The van der Waals surface area contributed by atoms with E-state index in [4.69, 9.17) is 9.97 Å². The molecule has 6 heteroatoms. The Morgan fingerprint density at radius 1 is 0.531 bits per heavy atom. The third-order valence-corrected chi connectivity index (χ3v) is 11.1. The first kappa shape index (κ1) is 26.7. The van der Waals surface area contributed by atoms with Gasteiger partial charge in [-0.15, -0.1) is 11.3 Å². The Balaban J connectivity index is 1.33. The van der Waals surface area contributed by atoms with Gasteiger partial charge in [0, 0.05) is 43.2 Å². The number of hydrogen-bond acceptors (Lipinski definition) is 4. The molecular weight excluding hydrogens is 621 g/mol. The van der Waals surface area contributed by atoms with Crippen LogP contribution in [0.4, 0.5) is 0 Å². The summed E-state index contributed by atoms with van der Waals surface area (Å²) in [6.07, 6.45) is 1.89. The van der Waals surface area contributed by atoms with Gasteiger partial charge < -0.3 is 0 Å². The van der Waals surface area contributed by atoms with Gasteiger partial charge in [-0.05, 0) is 57.3 Å². The molecule has 0 atom stereocenters. The Morgan fingerprint density at radius 2 is 1.18 bits per heavy atom. The molecule has 0 bridgehead atoms. The Hall–Kier alpha value is -6.37. The molecule has 0 aliphatic carbocycles. The van der Waals surface area contributed by atoms with E-state index < -0.39 is 0 Å². The maximum atomic E-state index is 14.4. The van der Waals surface area contributed by atoms with Gasteiger partial charge in [-0.1, -0.05) is 109 Å². The number of aromatic nitrogens is 4. The number of pyridine rings is 1. The normalized spacial score (nSPS) is 12.2. The standard InChI is InChI=1S/C43H24N4OS/c48-42-31-16-6-3-13-28(31)34-24-44-43(45-41(34)46(42)27-22-21-25-11-1-2-12-26(25)23-27)47-35-19-9-7-17-32(35)37-29-14-4-5-15-30(29)38-33-18-8-10-20-36(33)49-40(38)39(37)47/h1-24H. The third kappa shape index (κ3) is 3.61. The summed E-state index contributed by atoms with van der Waals surface area (Å²) < 4.78 is 6.40. The highest BCUT2D eigenvalue weighted by Crippen LogP contribution is 2.47. The van der Waals surface area contributed by atoms with Crippen LogP contribution in [0, 0.1) is 0 Å². The van der Waals surface area contributed by atoms with Gasteiger partial charge in [0.05, 0.1) is 21.4 Å². The molecule has 0 aliphatic heterocycles. The van der Waals surface area contributed by atoms with Crippen molar-refractivity contribution in [2.75, 3.05) is 0 Å². The van der Waals surface area contributed by atoms with E-state index in [1.54, 1.807) is 4.57 Å². The summed E-state index contributed by atoms with van der Waals surface area (Å²) in [7, 11) is 0. The van der Waals surface area contributed by atoms with Gasteiger partial charge in [-0.2, -0.15) is 4.98 Å². The molecule has 228 valence electrons. The molecule has 7 aromatic carbocycles. The second-order valence-corrected chi connectivity index (χ2v) is 13.6. The molecule has 0 saturated heterocycles. The number of para-hydroxylation sites is 1. The molecule has 5 nitrogen and oxygen atoms in total. The molecular formula is C43H24N4OS. The maximum absolute atomic E-state index is 14.4. The second-order valence-electron chi connectivity index (χ2n) is 12.5. The van der Waals surface area contributed by atoms with Crippen LogP contribution in [0.15, 0.2) is 151 Å². The van der Waals surface area contributed by atoms with Crippen LogP contribution in [0.3, 0.4) is 0 Å². The van der Waals surface area contributed by atoms with Crippen LogP contribution >= 0.6 is 11.3 Å². The lowest BCUT2D eigenvalue weighted by Crippen LogP contribution is -2.20. The first-order valence-corrected chi connectivity index (χ1v) is 17.1. The van der Waals surface area contributed by atoms with Crippen LogP contribution in [0.25, 0.3) is 97.0 Å². The first-order valence-electron chi connectivity index (χ1n) is 16.3. The minimum atomic E-state index is -0.108. The molecule has 0 spiro atoms. The summed E-state index contributed by atoms with van der Waals surface area (Å²) in [4.78, 5) is 24.9. The second kappa shape index (κ2) is 9.83. The molecule has 0 saturated carbocycles. The summed E-state index contributed by atoms with van der Waals surface area (Å²) in [6, 6.07) is 48.0. The van der Waals surface area contributed by atoms with E-state index in [0.717, 1.165) is 43.7 Å². The molecule has 4 aromatic heterocycles. The van der Waals surface area contributed by atoms with Crippen LogP contribution in [0.5, 0.6) is 0 Å². The van der Waals surface area contributed by atoms with E-state index in [0.29, 0.717) is 17.0 Å².